The van der Waals surface area contributed by atoms with Gasteiger partial charge in [-0.2, -0.15) is 0 Å². The van der Waals surface area contributed by atoms with Gasteiger partial charge in [-0.25, -0.2) is 4.79 Å². The van der Waals surface area contributed by atoms with E-state index in [2.05, 4.69) is 10.1 Å². The van der Waals surface area contributed by atoms with Gasteiger partial charge in [-0.15, -0.1) is 0 Å². The smallest absolute Gasteiger partial charge is 0.328 e. The molecule has 0 aromatic rings. The number of carbonyl (C=O) groups is 2. The van der Waals surface area contributed by atoms with Crippen molar-refractivity contribution < 1.29 is 14.3 Å². The lowest BCUT2D eigenvalue weighted by Gasteiger charge is -2.19. The van der Waals surface area contributed by atoms with Gasteiger partial charge in [-0.3, -0.25) is 4.79 Å². The van der Waals surface area contributed by atoms with Crippen LogP contribution in [0.1, 0.15) is 40.0 Å². The van der Waals surface area contributed by atoms with E-state index >= 15 is 0 Å². The molecule has 0 spiro atoms. The minimum atomic E-state index is -0.528. The van der Waals surface area contributed by atoms with Gasteiger partial charge >= 0.3 is 5.97 Å². The van der Waals surface area contributed by atoms with Crippen LogP contribution < -0.4 is 5.32 Å². The molecular formula is C11H21NO3. The Labute approximate surface area is 91.4 Å². The number of amides is 1. The first-order chi connectivity index (χ1) is 7.02. The Morgan fingerprint density at radius 3 is 2.33 bits per heavy atom. The molecule has 15 heavy (non-hydrogen) atoms. The van der Waals surface area contributed by atoms with Gasteiger partial charge in [-0.05, 0) is 12.3 Å². The molecular weight excluding hydrogens is 194 g/mol. The van der Waals surface area contributed by atoms with Crippen molar-refractivity contribution in [3.05, 3.63) is 0 Å². The summed E-state index contributed by atoms with van der Waals surface area (Å²) in [7, 11) is 1.33. The number of unbranched alkanes of at least 4 members (excludes halogenated alkanes) is 1. The van der Waals surface area contributed by atoms with Crippen LogP contribution >= 0.6 is 0 Å². The average molecular weight is 215 g/mol. The van der Waals surface area contributed by atoms with Crippen LogP contribution in [0.4, 0.5) is 0 Å². The van der Waals surface area contributed by atoms with E-state index in [0.29, 0.717) is 6.42 Å². The molecule has 0 aliphatic heterocycles. The third kappa shape index (κ3) is 5.40. The van der Waals surface area contributed by atoms with Gasteiger partial charge in [0, 0.05) is 6.42 Å². The fraction of sp³-hybridized carbons (Fsp3) is 0.818. The Hall–Kier alpha value is -1.06. The van der Waals surface area contributed by atoms with Crippen LogP contribution in [0.3, 0.4) is 0 Å². The van der Waals surface area contributed by atoms with Crippen molar-refractivity contribution in [2.24, 2.45) is 5.92 Å². The Morgan fingerprint density at radius 1 is 1.33 bits per heavy atom. The van der Waals surface area contributed by atoms with Crippen LogP contribution in [0, 0.1) is 5.92 Å². The molecule has 0 aromatic carbocycles. The predicted octanol–water partition coefficient (Wildman–Crippen LogP) is 1.49. The fourth-order valence-electron chi connectivity index (χ4n) is 1.21. The molecule has 0 radical (unpaired) electrons. The van der Waals surface area contributed by atoms with E-state index in [1.54, 1.807) is 0 Å². The Morgan fingerprint density at radius 2 is 1.93 bits per heavy atom. The van der Waals surface area contributed by atoms with E-state index in [1.807, 2.05) is 20.8 Å². The number of ether oxygens (including phenoxy) is 1. The molecule has 1 N–H and O–H groups in total. The van der Waals surface area contributed by atoms with Crippen LogP contribution in [-0.2, 0) is 14.3 Å². The molecule has 4 heteroatoms. The zero-order valence-corrected chi connectivity index (χ0v) is 10.0. The Kier molecular flexibility index (Phi) is 6.75. The predicted molar refractivity (Wildman–Crippen MR) is 58.3 cm³/mol. The molecule has 0 fully saturated rings. The molecule has 0 bridgehead atoms. The quantitative estimate of drug-likeness (QED) is 0.683. The van der Waals surface area contributed by atoms with Gasteiger partial charge < -0.3 is 10.1 Å². The number of hydrogen-bond donors (Lipinski definition) is 1. The minimum Gasteiger partial charge on any atom is -0.467 e. The van der Waals surface area contributed by atoms with Gasteiger partial charge in [0.1, 0.15) is 6.04 Å². The van der Waals surface area contributed by atoms with Crippen LogP contribution in [0.5, 0.6) is 0 Å². The summed E-state index contributed by atoms with van der Waals surface area (Å²) >= 11 is 0. The summed E-state index contributed by atoms with van der Waals surface area (Å²) in [4.78, 5) is 22.7. The van der Waals surface area contributed by atoms with Crippen LogP contribution in [0.15, 0.2) is 0 Å². The van der Waals surface area contributed by atoms with Gasteiger partial charge in [0.15, 0.2) is 0 Å². The molecule has 0 aliphatic rings. The van der Waals surface area contributed by atoms with Gasteiger partial charge in [-0.1, -0.05) is 27.2 Å². The minimum absolute atomic E-state index is 0.0445. The molecule has 1 amide bonds. The average Bonchev–Trinajstić information content (AvgIpc) is 2.21. The van der Waals surface area contributed by atoms with Gasteiger partial charge in [0.05, 0.1) is 7.11 Å². The molecule has 0 saturated heterocycles. The van der Waals surface area contributed by atoms with E-state index in [4.69, 9.17) is 0 Å². The summed E-state index contributed by atoms with van der Waals surface area (Å²) in [6.45, 7) is 5.77. The fourth-order valence-corrected chi connectivity index (χ4v) is 1.21. The Bertz CT molecular complexity index is 214. The molecule has 0 rings (SSSR count). The monoisotopic (exact) mass is 215 g/mol. The van der Waals surface area contributed by atoms with Crippen molar-refractivity contribution in [3.63, 3.8) is 0 Å². The summed E-state index contributed by atoms with van der Waals surface area (Å²) in [5, 5.41) is 2.69. The van der Waals surface area contributed by atoms with Crippen molar-refractivity contribution in [1.29, 1.82) is 0 Å². The second kappa shape index (κ2) is 7.26. The molecule has 4 nitrogen and oxygen atoms in total. The summed E-state index contributed by atoms with van der Waals surface area (Å²) < 4.78 is 4.63. The second-order valence-corrected chi connectivity index (χ2v) is 3.92. The van der Waals surface area contributed by atoms with E-state index in [9.17, 15) is 9.59 Å². The number of rotatable bonds is 6. The highest BCUT2D eigenvalue weighted by atomic mass is 16.5. The maximum atomic E-state index is 11.4. The van der Waals surface area contributed by atoms with E-state index in [-0.39, 0.29) is 17.8 Å². The van der Waals surface area contributed by atoms with Crippen molar-refractivity contribution in [3.8, 4) is 0 Å². The van der Waals surface area contributed by atoms with E-state index in [0.717, 1.165) is 12.8 Å². The first-order valence-electron chi connectivity index (χ1n) is 5.40. The molecule has 1 unspecified atom stereocenters. The van der Waals surface area contributed by atoms with Crippen molar-refractivity contribution in [1.82, 2.24) is 5.32 Å². The lowest BCUT2D eigenvalue weighted by Crippen LogP contribution is -2.44. The number of nitrogens with one attached hydrogen (secondary N) is 1. The highest BCUT2D eigenvalue weighted by Crippen LogP contribution is 2.04. The first kappa shape index (κ1) is 13.9. The van der Waals surface area contributed by atoms with Crippen molar-refractivity contribution in [2.75, 3.05) is 7.11 Å². The molecule has 0 saturated carbocycles. The summed E-state index contributed by atoms with van der Waals surface area (Å²) in [5.74, 6) is -0.418. The van der Waals surface area contributed by atoms with Crippen LogP contribution in [-0.4, -0.2) is 25.0 Å². The summed E-state index contributed by atoms with van der Waals surface area (Å²) in [6, 6.07) is -0.528. The first-order valence-corrected chi connectivity index (χ1v) is 5.40. The van der Waals surface area contributed by atoms with Gasteiger partial charge in [0.2, 0.25) is 5.91 Å². The largest absolute Gasteiger partial charge is 0.467 e. The maximum Gasteiger partial charge on any atom is 0.328 e. The zero-order valence-electron chi connectivity index (χ0n) is 10.0. The second-order valence-electron chi connectivity index (χ2n) is 3.92. The maximum absolute atomic E-state index is 11.4. The zero-order chi connectivity index (χ0) is 11.8. The summed E-state index contributed by atoms with van der Waals surface area (Å²) in [5.41, 5.74) is 0. The SMILES string of the molecule is CCCCC(=O)NC(C(=O)OC)C(C)C. The van der Waals surface area contributed by atoms with E-state index in [1.165, 1.54) is 7.11 Å². The summed E-state index contributed by atoms with van der Waals surface area (Å²) in [6.07, 6.45) is 2.28. The highest BCUT2D eigenvalue weighted by molar-refractivity contribution is 5.84. The third-order valence-electron chi connectivity index (χ3n) is 2.20. The topological polar surface area (TPSA) is 55.4 Å². The van der Waals surface area contributed by atoms with Crippen molar-refractivity contribution in [2.45, 2.75) is 46.1 Å². The van der Waals surface area contributed by atoms with Gasteiger partial charge in [0.25, 0.3) is 0 Å². The standard InChI is InChI=1S/C11H21NO3/c1-5-6-7-9(13)12-10(8(2)3)11(14)15-4/h8,10H,5-7H2,1-4H3,(H,12,13). The lowest BCUT2D eigenvalue weighted by molar-refractivity contribution is -0.146. The molecule has 1 atom stereocenters. The number of hydrogen-bond acceptors (Lipinski definition) is 3. The normalized spacial score (nSPS) is 12.3. The number of esters is 1. The van der Waals surface area contributed by atoms with Crippen LogP contribution in [0.25, 0.3) is 0 Å². The third-order valence-corrected chi connectivity index (χ3v) is 2.20. The molecule has 0 aliphatic carbocycles. The Balaban J connectivity index is 4.17. The molecule has 0 heterocycles. The van der Waals surface area contributed by atoms with E-state index < -0.39 is 6.04 Å². The highest BCUT2D eigenvalue weighted by Gasteiger charge is 2.24. The molecule has 0 aromatic heterocycles. The van der Waals surface area contributed by atoms with Crippen molar-refractivity contribution >= 4 is 11.9 Å². The number of methoxy groups -OCH3 is 1. The van der Waals surface area contributed by atoms with Crippen LogP contribution in [0.2, 0.25) is 0 Å². The molecule has 88 valence electrons. The number of carbonyl (C=O) groups excluding carboxylic acids is 2. The lowest BCUT2D eigenvalue weighted by atomic mass is 10.0.